The summed E-state index contributed by atoms with van der Waals surface area (Å²) in [5.41, 5.74) is 10.6. The van der Waals surface area contributed by atoms with E-state index >= 15 is 0 Å². The summed E-state index contributed by atoms with van der Waals surface area (Å²) in [6.45, 7) is 3.43. The monoisotopic (exact) mass is 265 g/mol. The van der Waals surface area contributed by atoms with E-state index < -0.39 is 0 Å². The van der Waals surface area contributed by atoms with Gasteiger partial charge in [0.2, 0.25) is 0 Å². The van der Waals surface area contributed by atoms with Gasteiger partial charge in [0.15, 0.2) is 0 Å². The van der Waals surface area contributed by atoms with Crippen LogP contribution in [0.1, 0.15) is 23.9 Å². The fourth-order valence-electron chi connectivity index (χ4n) is 2.54. The molecule has 0 saturated heterocycles. The molecule has 1 heterocycles. The van der Waals surface area contributed by atoms with Gasteiger partial charge in [-0.3, -0.25) is 0 Å². The summed E-state index contributed by atoms with van der Waals surface area (Å²) in [4.78, 5) is 4.67. The Bertz CT molecular complexity index is 714. The van der Waals surface area contributed by atoms with Gasteiger partial charge >= 0.3 is 0 Å². The maximum absolute atomic E-state index is 5.86. The number of imidazole rings is 1. The van der Waals surface area contributed by atoms with Crippen molar-refractivity contribution in [3.63, 3.8) is 0 Å². The summed E-state index contributed by atoms with van der Waals surface area (Å²) in [5, 5.41) is 0. The zero-order valence-corrected chi connectivity index (χ0v) is 11.7. The molecule has 20 heavy (non-hydrogen) atoms. The van der Waals surface area contributed by atoms with Gasteiger partial charge in [-0.1, -0.05) is 43.3 Å². The van der Waals surface area contributed by atoms with Crippen LogP contribution >= 0.6 is 0 Å². The Kier molecular flexibility index (Phi) is 3.52. The minimum atomic E-state index is 0.461. The van der Waals surface area contributed by atoms with Crippen LogP contribution in [0.5, 0.6) is 0 Å². The van der Waals surface area contributed by atoms with Crippen LogP contribution in [-0.2, 0) is 19.5 Å². The number of nitrogens with zero attached hydrogens (tertiary/aromatic N) is 2. The molecular weight excluding hydrogens is 246 g/mol. The zero-order valence-electron chi connectivity index (χ0n) is 11.7. The lowest BCUT2D eigenvalue weighted by Crippen LogP contribution is -2.09. The summed E-state index contributed by atoms with van der Waals surface area (Å²) in [5.74, 6) is 0.942. The number of nitrogens with two attached hydrogens (primary N) is 1. The lowest BCUT2D eigenvalue weighted by atomic mass is 10.1. The van der Waals surface area contributed by atoms with E-state index in [9.17, 15) is 0 Å². The van der Waals surface area contributed by atoms with Crippen molar-refractivity contribution in [1.29, 1.82) is 0 Å². The molecule has 0 aliphatic heterocycles. The Balaban J connectivity index is 2.08. The summed E-state index contributed by atoms with van der Waals surface area (Å²) in [6.07, 6.45) is 1.03. The average molecular weight is 265 g/mol. The van der Waals surface area contributed by atoms with Gasteiger partial charge in [-0.05, 0) is 29.7 Å². The maximum Gasteiger partial charge on any atom is 0.123 e. The van der Waals surface area contributed by atoms with Crippen LogP contribution in [0.15, 0.2) is 48.5 Å². The molecule has 102 valence electrons. The summed E-state index contributed by atoms with van der Waals surface area (Å²) in [6, 6.07) is 16.9. The first-order valence-electron chi connectivity index (χ1n) is 7.04. The van der Waals surface area contributed by atoms with E-state index in [0.717, 1.165) is 29.8 Å². The molecule has 0 fully saturated rings. The third-order valence-corrected chi connectivity index (χ3v) is 3.67. The number of aryl methyl sites for hydroxylation is 1. The van der Waals surface area contributed by atoms with Crippen LogP contribution in [0, 0.1) is 0 Å². The van der Waals surface area contributed by atoms with E-state index in [1.807, 2.05) is 6.07 Å². The van der Waals surface area contributed by atoms with E-state index in [0.29, 0.717) is 6.54 Å². The molecule has 0 radical (unpaired) electrons. The molecule has 0 spiro atoms. The number of rotatable bonds is 4. The largest absolute Gasteiger partial charge is 0.324 e. The zero-order chi connectivity index (χ0) is 13.9. The van der Waals surface area contributed by atoms with Gasteiger partial charge in [-0.15, -0.1) is 0 Å². The lowest BCUT2D eigenvalue weighted by Gasteiger charge is -2.08. The third-order valence-electron chi connectivity index (χ3n) is 3.67. The molecule has 0 saturated carbocycles. The molecule has 3 heteroatoms. The molecule has 3 rings (SSSR count). The lowest BCUT2D eigenvalue weighted by molar-refractivity contribution is 0.744. The summed E-state index contributed by atoms with van der Waals surface area (Å²) < 4.78 is 2.21. The standard InChI is InChI=1S/C17H19N3/c1-2-13-8-9-16-15(10-13)19-17(11-18)20(16)12-14-6-4-3-5-7-14/h3-10H,2,11-12,18H2,1H3. The number of fused-ring (bicyclic) bond motifs is 1. The van der Waals surface area contributed by atoms with E-state index in [1.54, 1.807) is 0 Å². The Morgan fingerprint density at radius 2 is 1.85 bits per heavy atom. The van der Waals surface area contributed by atoms with Crippen LogP contribution in [0.2, 0.25) is 0 Å². The number of hydrogen-bond donors (Lipinski definition) is 1. The second-order valence-electron chi connectivity index (χ2n) is 4.98. The van der Waals surface area contributed by atoms with Gasteiger partial charge in [0.1, 0.15) is 5.82 Å². The van der Waals surface area contributed by atoms with Gasteiger partial charge < -0.3 is 10.3 Å². The number of benzene rings is 2. The quantitative estimate of drug-likeness (QED) is 0.787. The van der Waals surface area contributed by atoms with Gasteiger partial charge in [-0.2, -0.15) is 0 Å². The molecule has 3 aromatic rings. The molecule has 1 aromatic heterocycles. The van der Waals surface area contributed by atoms with Crippen molar-refractivity contribution in [1.82, 2.24) is 9.55 Å². The Morgan fingerprint density at radius 1 is 1.05 bits per heavy atom. The van der Waals surface area contributed by atoms with Crippen molar-refractivity contribution < 1.29 is 0 Å². The Hall–Kier alpha value is -2.13. The highest BCUT2D eigenvalue weighted by atomic mass is 15.1. The molecule has 0 aliphatic rings. The fourth-order valence-corrected chi connectivity index (χ4v) is 2.54. The molecule has 2 aromatic carbocycles. The maximum atomic E-state index is 5.86. The van der Waals surface area contributed by atoms with Crippen molar-refractivity contribution in [2.75, 3.05) is 0 Å². The van der Waals surface area contributed by atoms with Crippen molar-refractivity contribution in [2.45, 2.75) is 26.4 Å². The molecule has 2 N–H and O–H groups in total. The van der Waals surface area contributed by atoms with E-state index in [-0.39, 0.29) is 0 Å². The normalized spacial score (nSPS) is 11.1. The first kappa shape index (κ1) is 12.9. The predicted octanol–water partition coefficient (Wildman–Crippen LogP) is 3.11. The SMILES string of the molecule is CCc1ccc2c(c1)nc(CN)n2Cc1ccccc1. The molecule has 0 aliphatic carbocycles. The second kappa shape index (κ2) is 5.47. The minimum Gasteiger partial charge on any atom is -0.324 e. The first-order valence-corrected chi connectivity index (χ1v) is 7.04. The minimum absolute atomic E-state index is 0.461. The van der Waals surface area contributed by atoms with Crippen LogP contribution in [-0.4, -0.2) is 9.55 Å². The van der Waals surface area contributed by atoms with Crippen LogP contribution in [0.3, 0.4) is 0 Å². The molecule has 0 unspecified atom stereocenters. The molecule has 0 atom stereocenters. The van der Waals surface area contributed by atoms with Gasteiger partial charge in [-0.25, -0.2) is 4.98 Å². The van der Waals surface area contributed by atoms with Crippen LogP contribution in [0.4, 0.5) is 0 Å². The average Bonchev–Trinajstić information content (AvgIpc) is 2.85. The van der Waals surface area contributed by atoms with Gasteiger partial charge in [0.25, 0.3) is 0 Å². The summed E-state index contributed by atoms with van der Waals surface area (Å²) >= 11 is 0. The van der Waals surface area contributed by atoms with Crippen LogP contribution < -0.4 is 5.73 Å². The Labute approximate surface area is 119 Å². The third kappa shape index (κ3) is 2.32. The highest BCUT2D eigenvalue weighted by Crippen LogP contribution is 2.20. The number of aromatic nitrogens is 2. The smallest absolute Gasteiger partial charge is 0.123 e. The van der Waals surface area contributed by atoms with E-state index in [4.69, 9.17) is 5.73 Å². The van der Waals surface area contributed by atoms with E-state index in [2.05, 4.69) is 58.9 Å². The highest BCUT2D eigenvalue weighted by molar-refractivity contribution is 5.77. The van der Waals surface area contributed by atoms with Gasteiger partial charge in [0, 0.05) is 6.54 Å². The predicted molar refractivity (Wildman–Crippen MR) is 82.5 cm³/mol. The first-order chi connectivity index (χ1) is 9.81. The van der Waals surface area contributed by atoms with Crippen molar-refractivity contribution in [3.8, 4) is 0 Å². The molecule has 0 amide bonds. The van der Waals surface area contributed by atoms with Crippen molar-refractivity contribution >= 4 is 11.0 Å². The molecular formula is C17H19N3. The Morgan fingerprint density at radius 3 is 2.55 bits per heavy atom. The molecule has 0 bridgehead atoms. The highest BCUT2D eigenvalue weighted by Gasteiger charge is 2.10. The number of hydrogen-bond acceptors (Lipinski definition) is 2. The fraction of sp³-hybridized carbons (Fsp3) is 0.235. The second-order valence-corrected chi connectivity index (χ2v) is 4.98. The van der Waals surface area contributed by atoms with Crippen molar-refractivity contribution in [2.24, 2.45) is 5.73 Å². The van der Waals surface area contributed by atoms with Gasteiger partial charge in [0.05, 0.1) is 17.6 Å². The van der Waals surface area contributed by atoms with Crippen LogP contribution in [0.25, 0.3) is 11.0 Å². The van der Waals surface area contributed by atoms with E-state index in [1.165, 1.54) is 11.1 Å². The summed E-state index contributed by atoms with van der Waals surface area (Å²) in [7, 11) is 0. The topological polar surface area (TPSA) is 43.8 Å². The van der Waals surface area contributed by atoms with Crippen molar-refractivity contribution in [3.05, 3.63) is 65.5 Å². The molecule has 3 nitrogen and oxygen atoms in total.